The number of aryl methyl sites for hydroxylation is 2. The zero-order valence-corrected chi connectivity index (χ0v) is 14.6. The number of sulfone groups is 1. The lowest BCUT2D eigenvalue weighted by Gasteiger charge is -2.13. The first kappa shape index (κ1) is 18.7. The Morgan fingerprint density at radius 3 is 2.55 bits per heavy atom. The Kier molecular flexibility index (Phi) is 7.06. The third-order valence-corrected chi connectivity index (χ3v) is 4.98. The van der Waals surface area contributed by atoms with Gasteiger partial charge in [-0.3, -0.25) is 4.79 Å². The summed E-state index contributed by atoms with van der Waals surface area (Å²) in [5.74, 6) is -0.689. The van der Waals surface area contributed by atoms with Gasteiger partial charge in [-0.1, -0.05) is 31.3 Å². The summed E-state index contributed by atoms with van der Waals surface area (Å²) in [6, 6.07) is -0.00619. The molecule has 0 bridgehead atoms. The fourth-order valence-electron chi connectivity index (χ4n) is 2.27. The van der Waals surface area contributed by atoms with Crippen molar-refractivity contribution in [1.29, 1.82) is 0 Å². The first-order valence-corrected chi connectivity index (χ1v) is 9.48. The molecule has 1 rings (SSSR count). The molecule has 0 saturated heterocycles. The summed E-state index contributed by atoms with van der Waals surface area (Å²) in [5.41, 5.74) is 1.10. The van der Waals surface area contributed by atoms with E-state index in [4.69, 9.17) is 4.52 Å². The van der Waals surface area contributed by atoms with Crippen LogP contribution in [0, 0.1) is 13.8 Å². The number of carbonyl (C=O) groups excluding carboxylic acids is 1. The van der Waals surface area contributed by atoms with E-state index >= 15 is 0 Å². The monoisotopic (exact) mass is 330 g/mol. The summed E-state index contributed by atoms with van der Waals surface area (Å²) in [6.45, 7) is 7.37. The second-order valence-corrected chi connectivity index (χ2v) is 7.86. The van der Waals surface area contributed by atoms with Crippen molar-refractivity contribution in [1.82, 2.24) is 10.5 Å². The largest absolute Gasteiger partial charge is 0.361 e. The molecule has 1 atom stereocenters. The molecule has 1 aromatic rings. The summed E-state index contributed by atoms with van der Waals surface area (Å²) >= 11 is 0. The van der Waals surface area contributed by atoms with E-state index < -0.39 is 21.5 Å². The van der Waals surface area contributed by atoms with Gasteiger partial charge in [0, 0.05) is 11.6 Å². The van der Waals surface area contributed by atoms with Crippen LogP contribution in [0.2, 0.25) is 0 Å². The van der Waals surface area contributed by atoms with Crippen LogP contribution in [-0.2, 0) is 20.4 Å². The zero-order chi connectivity index (χ0) is 16.8. The Labute approximate surface area is 132 Å². The number of nitrogens with zero attached hydrogens (tertiary/aromatic N) is 1. The standard InChI is InChI=1S/C15H26N2O4S/c1-5-6-7-8-11(2)16-15(18)10-22(19,20)9-14-12(3)17-21-13(14)4/h11H,5-10H2,1-4H3,(H,16,18)/t11-/m1/s1. The first-order valence-electron chi connectivity index (χ1n) is 7.66. The number of hydrogen-bond donors (Lipinski definition) is 1. The SMILES string of the molecule is CCCCC[C@@H](C)NC(=O)CS(=O)(=O)Cc1c(C)noc1C. The highest BCUT2D eigenvalue weighted by Gasteiger charge is 2.22. The van der Waals surface area contributed by atoms with E-state index in [-0.39, 0.29) is 11.8 Å². The molecule has 6 nitrogen and oxygen atoms in total. The van der Waals surface area contributed by atoms with Crippen molar-refractivity contribution in [3.05, 3.63) is 17.0 Å². The van der Waals surface area contributed by atoms with E-state index in [0.717, 1.165) is 25.7 Å². The van der Waals surface area contributed by atoms with Crippen molar-refractivity contribution in [2.75, 3.05) is 5.75 Å². The fourth-order valence-corrected chi connectivity index (χ4v) is 3.70. The van der Waals surface area contributed by atoms with Crippen molar-refractivity contribution in [2.45, 2.75) is 65.2 Å². The lowest BCUT2D eigenvalue weighted by atomic mass is 10.1. The summed E-state index contributed by atoms with van der Waals surface area (Å²) in [7, 11) is -3.53. The molecule has 22 heavy (non-hydrogen) atoms. The maximum atomic E-state index is 12.1. The molecule has 0 fully saturated rings. The highest BCUT2D eigenvalue weighted by atomic mass is 32.2. The highest BCUT2D eigenvalue weighted by molar-refractivity contribution is 7.91. The van der Waals surface area contributed by atoms with Crippen molar-refractivity contribution < 1.29 is 17.7 Å². The van der Waals surface area contributed by atoms with E-state index in [0.29, 0.717) is 17.0 Å². The van der Waals surface area contributed by atoms with Gasteiger partial charge in [0.05, 0.1) is 11.4 Å². The van der Waals surface area contributed by atoms with Gasteiger partial charge >= 0.3 is 0 Å². The molecule has 0 spiro atoms. The van der Waals surface area contributed by atoms with Crippen molar-refractivity contribution in [2.24, 2.45) is 0 Å². The zero-order valence-electron chi connectivity index (χ0n) is 13.8. The molecule has 0 aromatic carbocycles. The summed E-state index contributed by atoms with van der Waals surface area (Å²) < 4.78 is 29.2. The van der Waals surface area contributed by atoms with Gasteiger partial charge in [-0.15, -0.1) is 0 Å². The maximum absolute atomic E-state index is 12.1. The molecule has 1 amide bonds. The lowest BCUT2D eigenvalue weighted by Crippen LogP contribution is -2.37. The number of aromatic nitrogens is 1. The maximum Gasteiger partial charge on any atom is 0.235 e. The number of hydrogen-bond acceptors (Lipinski definition) is 5. The van der Waals surface area contributed by atoms with E-state index in [1.54, 1.807) is 13.8 Å². The molecule has 0 aliphatic rings. The van der Waals surface area contributed by atoms with Crippen LogP contribution in [0.15, 0.2) is 4.52 Å². The van der Waals surface area contributed by atoms with Crippen LogP contribution < -0.4 is 5.32 Å². The molecule has 126 valence electrons. The van der Waals surface area contributed by atoms with E-state index in [9.17, 15) is 13.2 Å². The Morgan fingerprint density at radius 1 is 1.32 bits per heavy atom. The van der Waals surface area contributed by atoms with Gasteiger partial charge in [0.15, 0.2) is 9.84 Å². The smallest absolute Gasteiger partial charge is 0.235 e. The number of carbonyl (C=O) groups is 1. The molecule has 0 radical (unpaired) electrons. The van der Waals surface area contributed by atoms with Gasteiger partial charge in [0.25, 0.3) is 0 Å². The van der Waals surface area contributed by atoms with E-state index in [2.05, 4.69) is 17.4 Å². The third-order valence-electron chi connectivity index (χ3n) is 3.54. The van der Waals surface area contributed by atoms with Gasteiger partial charge < -0.3 is 9.84 Å². The summed E-state index contributed by atoms with van der Waals surface area (Å²) in [6.07, 6.45) is 4.13. The minimum absolute atomic E-state index is 0.00619. The second kappa shape index (κ2) is 8.31. The highest BCUT2D eigenvalue weighted by Crippen LogP contribution is 2.16. The Bertz CT molecular complexity index is 573. The molecule has 0 aliphatic carbocycles. The topological polar surface area (TPSA) is 89.3 Å². The molecule has 1 heterocycles. The minimum Gasteiger partial charge on any atom is -0.361 e. The van der Waals surface area contributed by atoms with Crippen molar-refractivity contribution in [3.63, 3.8) is 0 Å². The minimum atomic E-state index is -3.53. The third kappa shape index (κ3) is 6.17. The van der Waals surface area contributed by atoms with Crippen LogP contribution in [0.3, 0.4) is 0 Å². The molecule has 0 unspecified atom stereocenters. The van der Waals surface area contributed by atoms with E-state index in [1.165, 1.54) is 0 Å². The molecule has 1 N–H and O–H groups in total. The average molecular weight is 330 g/mol. The molecule has 0 aliphatic heterocycles. The lowest BCUT2D eigenvalue weighted by molar-refractivity contribution is -0.119. The number of unbranched alkanes of at least 4 members (excludes halogenated alkanes) is 2. The van der Waals surface area contributed by atoms with Crippen LogP contribution in [-0.4, -0.2) is 31.3 Å². The number of amides is 1. The molecule has 7 heteroatoms. The normalized spacial score (nSPS) is 13.1. The Hall–Kier alpha value is -1.37. The average Bonchev–Trinajstić information content (AvgIpc) is 2.69. The van der Waals surface area contributed by atoms with Crippen molar-refractivity contribution in [3.8, 4) is 0 Å². The quantitative estimate of drug-likeness (QED) is 0.702. The van der Waals surface area contributed by atoms with Gasteiger partial charge in [0.2, 0.25) is 5.91 Å². The summed E-state index contributed by atoms with van der Waals surface area (Å²) in [4.78, 5) is 11.9. The van der Waals surface area contributed by atoms with Gasteiger partial charge in [-0.05, 0) is 27.2 Å². The second-order valence-electron chi connectivity index (χ2n) is 5.80. The predicted octanol–water partition coefficient (Wildman–Crippen LogP) is 2.29. The molecule has 0 saturated carbocycles. The number of rotatable bonds is 9. The fraction of sp³-hybridized carbons (Fsp3) is 0.733. The molecule has 1 aromatic heterocycles. The Balaban J connectivity index is 2.52. The van der Waals surface area contributed by atoms with Gasteiger partial charge in [-0.25, -0.2) is 8.42 Å². The van der Waals surface area contributed by atoms with Crippen LogP contribution in [0.25, 0.3) is 0 Å². The van der Waals surface area contributed by atoms with Crippen LogP contribution in [0.4, 0.5) is 0 Å². The van der Waals surface area contributed by atoms with Crippen LogP contribution in [0.5, 0.6) is 0 Å². The van der Waals surface area contributed by atoms with Crippen LogP contribution in [0.1, 0.15) is 56.5 Å². The van der Waals surface area contributed by atoms with Crippen LogP contribution >= 0.6 is 0 Å². The molecular formula is C15H26N2O4S. The van der Waals surface area contributed by atoms with Crippen molar-refractivity contribution >= 4 is 15.7 Å². The van der Waals surface area contributed by atoms with E-state index in [1.807, 2.05) is 6.92 Å². The predicted molar refractivity (Wildman–Crippen MR) is 85.2 cm³/mol. The Morgan fingerprint density at radius 2 is 2.00 bits per heavy atom. The number of nitrogens with one attached hydrogen (secondary N) is 1. The van der Waals surface area contributed by atoms with Gasteiger partial charge in [0.1, 0.15) is 11.5 Å². The van der Waals surface area contributed by atoms with Gasteiger partial charge in [-0.2, -0.15) is 0 Å². The first-order chi connectivity index (χ1) is 10.2. The summed E-state index contributed by atoms with van der Waals surface area (Å²) in [5, 5.41) is 6.48. The molecular weight excluding hydrogens is 304 g/mol.